The number of amides is 2. The first-order valence-electron chi connectivity index (χ1n) is 17.0. The minimum Gasteiger partial charge on any atom is -0.494 e. The lowest BCUT2D eigenvalue weighted by Gasteiger charge is -2.11. The van der Waals surface area contributed by atoms with Crippen LogP contribution in [0.3, 0.4) is 0 Å². The van der Waals surface area contributed by atoms with Gasteiger partial charge in [-0.1, -0.05) is 90.4 Å². The number of aromatic nitrogens is 2. The van der Waals surface area contributed by atoms with Crippen molar-refractivity contribution in [3.05, 3.63) is 59.2 Å². The third kappa shape index (κ3) is 7.47. The molecule has 0 unspecified atom stereocenters. The summed E-state index contributed by atoms with van der Waals surface area (Å²) in [5.74, 6) is -3.73. The van der Waals surface area contributed by atoms with Gasteiger partial charge in [-0.3, -0.25) is 9.59 Å². The van der Waals surface area contributed by atoms with E-state index in [0.717, 1.165) is 31.7 Å². The van der Waals surface area contributed by atoms with Gasteiger partial charge >= 0.3 is 0 Å². The molecule has 1 aliphatic heterocycles. The van der Waals surface area contributed by atoms with E-state index in [2.05, 4.69) is 16.9 Å². The Hall–Kier alpha value is -4.34. The first kappa shape index (κ1) is 34.0. The van der Waals surface area contributed by atoms with Gasteiger partial charge in [0.15, 0.2) is 0 Å². The molecular weight excluding hydrogens is 602 g/mol. The number of unbranched alkanes of at least 4 members (excludes halogenated alkanes) is 13. The third-order valence-corrected chi connectivity index (χ3v) is 9.17. The average Bonchev–Trinajstić information content (AvgIpc) is 3.45. The van der Waals surface area contributed by atoms with E-state index < -0.39 is 34.9 Å². The smallest absolute Gasteiger partial charge is 0.297 e. The van der Waals surface area contributed by atoms with Crippen LogP contribution in [0.5, 0.6) is 11.8 Å². The summed E-state index contributed by atoms with van der Waals surface area (Å²) >= 11 is 0. The molecule has 4 aromatic rings. The van der Waals surface area contributed by atoms with Crippen LogP contribution in [-0.4, -0.2) is 42.6 Å². The Kier molecular flexibility index (Phi) is 11.2. The van der Waals surface area contributed by atoms with Crippen LogP contribution < -0.4 is 0 Å². The molecule has 8 nitrogen and oxygen atoms in total. The number of nitrogens with zero attached hydrogens (tertiary/aromatic N) is 4. The van der Waals surface area contributed by atoms with Crippen LogP contribution in [0, 0.1) is 11.6 Å². The maximum atomic E-state index is 14.4. The predicted octanol–water partition coefficient (Wildman–Crippen LogP) is 8.65. The van der Waals surface area contributed by atoms with Crippen molar-refractivity contribution in [2.24, 2.45) is 17.0 Å². The Labute approximate surface area is 273 Å². The third-order valence-electron chi connectivity index (χ3n) is 9.17. The molecule has 0 atom stereocenters. The van der Waals surface area contributed by atoms with Gasteiger partial charge in [-0.05, 0) is 42.8 Å². The molecule has 47 heavy (non-hydrogen) atoms. The topological polar surface area (TPSA) is 109 Å². The van der Waals surface area contributed by atoms with Crippen molar-refractivity contribution >= 4 is 45.0 Å². The summed E-state index contributed by atoms with van der Waals surface area (Å²) in [6.07, 6.45) is 17.0. The number of fused-ring (bicyclic) bond motifs is 2. The molecule has 2 aromatic heterocycles. The van der Waals surface area contributed by atoms with Gasteiger partial charge in [0, 0.05) is 24.4 Å². The lowest BCUT2D eigenvalue weighted by Crippen LogP contribution is -2.27. The minimum atomic E-state index is -0.949. The fourth-order valence-electron chi connectivity index (χ4n) is 6.60. The number of rotatable bonds is 17. The second-order valence-corrected chi connectivity index (χ2v) is 12.6. The normalized spacial score (nSPS) is 13.6. The quantitative estimate of drug-likeness (QED) is 0.112. The van der Waals surface area contributed by atoms with Crippen molar-refractivity contribution in [1.82, 2.24) is 9.13 Å². The predicted molar refractivity (Wildman–Crippen MR) is 182 cm³/mol. The van der Waals surface area contributed by atoms with E-state index in [1.165, 1.54) is 106 Å². The van der Waals surface area contributed by atoms with Gasteiger partial charge in [-0.15, -0.1) is 0 Å². The Morgan fingerprint density at radius 1 is 0.617 bits per heavy atom. The van der Waals surface area contributed by atoms with Crippen LogP contribution in [0.1, 0.15) is 108 Å². The van der Waals surface area contributed by atoms with Crippen LogP contribution >= 0.6 is 0 Å². The molecule has 0 saturated carbocycles. The van der Waals surface area contributed by atoms with Crippen molar-refractivity contribution in [3.63, 3.8) is 0 Å². The molecular formula is C37H44F2N4O4. The Morgan fingerprint density at radius 3 is 1.55 bits per heavy atom. The second kappa shape index (κ2) is 15.5. The molecule has 0 aliphatic carbocycles. The molecule has 0 bridgehead atoms. The van der Waals surface area contributed by atoms with E-state index in [1.807, 2.05) is 0 Å². The number of aryl methyl sites for hydroxylation is 2. The number of aromatic hydroxyl groups is 2. The summed E-state index contributed by atoms with van der Waals surface area (Å²) in [5, 5.41) is 22.5. The summed E-state index contributed by atoms with van der Waals surface area (Å²) in [5.41, 5.74) is -0.107. The second-order valence-electron chi connectivity index (χ2n) is 12.6. The van der Waals surface area contributed by atoms with Gasteiger partial charge in [0.1, 0.15) is 23.1 Å². The Morgan fingerprint density at radius 2 is 1.04 bits per heavy atom. The zero-order valence-electron chi connectivity index (χ0n) is 27.3. The monoisotopic (exact) mass is 646 g/mol. The van der Waals surface area contributed by atoms with Crippen LogP contribution in [0.25, 0.3) is 21.8 Å². The molecule has 3 heterocycles. The van der Waals surface area contributed by atoms with Crippen molar-refractivity contribution < 1.29 is 28.6 Å². The SMILES string of the molecule is CCCCCCCCCCCCCCCCn1c(O)c(C2=NC(=O)C(c3c(O)n(C)c4ccc(F)cc34)=NC2=O)c2cc(F)ccc21. The average molecular weight is 647 g/mol. The molecule has 2 N–H and O–H groups in total. The fourth-order valence-corrected chi connectivity index (χ4v) is 6.60. The number of carbonyl (C=O) groups is 2. The number of carbonyl (C=O) groups excluding carboxylic acids is 2. The number of hydrogen-bond donors (Lipinski definition) is 2. The summed E-state index contributed by atoms with van der Waals surface area (Å²) in [4.78, 5) is 34.6. The van der Waals surface area contributed by atoms with Crippen molar-refractivity contribution in [2.45, 2.75) is 103 Å². The highest BCUT2D eigenvalue weighted by Crippen LogP contribution is 2.36. The molecule has 2 amide bonds. The highest BCUT2D eigenvalue weighted by Gasteiger charge is 2.34. The van der Waals surface area contributed by atoms with Crippen molar-refractivity contribution in [1.29, 1.82) is 0 Å². The van der Waals surface area contributed by atoms with Gasteiger partial charge in [0.2, 0.25) is 11.8 Å². The Bertz CT molecular complexity index is 1840. The van der Waals surface area contributed by atoms with Crippen LogP contribution in [0.2, 0.25) is 0 Å². The molecule has 250 valence electrons. The maximum Gasteiger partial charge on any atom is 0.297 e. The fraction of sp³-hybridized carbons (Fsp3) is 0.459. The zero-order chi connectivity index (χ0) is 33.5. The van der Waals surface area contributed by atoms with Crippen LogP contribution in [0.4, 0.5) is 8.78 Å². The molecule has 0 fully saturated rings. The Balaban J connectivity index is 1.24. The van der Waals surface area contributed by atoms with E-state index in [4.69, 9.17) is 0 Å². The molecule has 10 heteroatoms. The first-order valence-corrected chi connectivity index (χ1v) is 17.0. The zero-order valence-corrected chi connectivity index (χ0v) is 27.3. The molecule has 2 aromatic carbocycles. The largest absolute Gasteiger partial charge is 0.494 e. The highest BCUT2D eigenvalue weighted by atomic mass is 19.1. The lowest BCUT2D eigenvalue weighted by molar-refractivity contribution is -0.115. The maximum absolute atomic E-state index is 14.4. The van der Waals surface area contributed by atoms with Crippen LogP contribution in [0.15, 0.2) is 46.4 Å². The van der Waals surface area contributed by atoms with Gasteiger partial charge in [-0.2, -0.15) is 0 Å². The van der Waals surface area contributed by atoms with Gasteiger partial charge in [0.25, 0.3) is 11.8 Å². The first-order chi connectivity index (χ1) is 22.7. The number of aliphatic imine (C=N–C) groups is 2. The van der Waals surface area contributed by atoms with E-state index in [9.17, 15) is 28.6 Å². The lowest BCUT2D eigenvalue weighted by atomic mass is 10.0. The summed E-state index contributed by atoms with van der Waals surface area (Å²) in [6, 6.07) is 7.81. The molecule has 0 radical (unpaired) electrons. The van der Waals surface area contributed by atoms with E-state index in [1.54, 1.807) is 4.57 Å². The summed E-state index contributed by atoms with van der Waals surface area (Å²) in [6.45, 7) is 2.68. The number of hydrogen-bond acceptors (Lipinski definition) is 4. The van der Waals surface area contributed by atoms with E-state index >= 15 is 0 Å². The molecule has 5 rings (SSSR count). The van der Waals surface area contributed by atoms with Gasteiger partial charge in [0.05, 0.1) is 22.2 Å². The standard InChI is InChI=1S/C37H44F2N4O4/c1-3-4-5-6-7-8-9-10-11-12-13-14-15-16-21-43-29-20-18-25(39)23-27(29)31(37(43)47)33-35(45)40-32(34(44)41-33)30-26-22-24(38)17-19-28(26)42(2)36(30)46/h17-20,22-23,46-47H,3-16,21H2,1-2H3. The number of benzene rings is 2. The van der Waals surface area contributed by atoms with Crippen LogP contribution in [-0.2, 0) is 23.2 Å². The van der Waals surface area contributed by atoms with Gasteiger partial charge < -0.3 is 19.3 Å². The molecule has 0 saturated heterocycles. The number of halogens is 2. The molecule has 0 spiro atoms. The van der Waals surface area contributed by atoms with E-state index in [0.29, 0.717) is 17.6 Å². The minimum absolute atomic E-state index is 0.0702. The highest BCUT2D eigenvalue weighted by molar-refractivity contribution is 6.61. The van der Waals surface area contributed by atoms with Crippen molar-refractivity contribution in [2.75, 3.05) is 0 Å². The van der Waals surface area contributed by atoms with Crippen molar-refractivity contribution in [3.8, 4) is 11.8 Å². The van der Waals surface area contributed by atoms with E-state index in [-0.39, 0.29) is 33.7 Å². The summed E-state index contributed by atoms with van der Waals surface area (Å²) in [7, 11) is 1.53. The van der Waals surface area contributed by atoms with Gasteiger partial charge in [-0.25, -0.2) is 18.8 Å². The summed E-state index contributed by atoms with van der Waals surface area (Å²) < 4.78 is 31.5. The molecule has 1 aliphatic rings.